The topological polar surface area (TPSA) is 210 Å². The maximum absolute atomic E-state index is 12.8. The molecule has 0 aliphatic heterocycles. The number of hydrogen-bond acceptors (Lipinski definition) is 12. The zero-order valence-corrected chi connectivity index (χ0v) is 37.9. The summed E-state index contributed by atoms with van der Waals surface area (Å²) >= 11 is 0. The van der Waals surface area contributed by atoms with Crippen LogP contribution in [0.3, 0.4) is 0 Å². The molecule has 0 aromatic heterocycles. The Balaban J connectivity index is 2.46. The largest absolute Gasteiger partial charge is 0.472 e. The molecule has 60 heavy (non-hydrogen) atoms. The second-order valence-corrected chi connectivity index (χ2v) is 17.7. The molecular weight excluding hydrogens is 791 g/mol. The molecule has 6 unspecified atom stereocenters. The predicted octanol–water partition coefficient (Wildman–Crippen LogP) is 9.00. The van der Waals surface area contributed by atoms with Gasteiger partial charge in [-0.15, -0.1) is 0 Å². The number of unbranched alkanes of at least 4 members (excludes halogenated alkanes) is 20. The van der Waals surface area contributed by atoms with Crippen LogP contribution in [0, 0.1) is 0 Å². The van der Waals surface area contributed by atoms with Crippen LogP contribution in [0.4, 0.5) is 0 Å². The van der Waals surface area contributed by atoms with Crippen molar-refractivity contribution in [3.63, 3.8) is 0 Å². The van der Waals surface area contributed by atoms with Gasteiger partial charge in [0.15, 0.2) is 6.10 Å². The van der Waals surface area contributed by atoms with Gasteiger partial charge in [-0.2, -0.15) is 0 Å². The first-order chi connectivity index (χ1) is 28.9. The summed E-state index contributed by atoms with van der Waals surface area (Å²) < 4.78 is 33.5. The van der Waals surface area contributed by atoms with E-state index in [2.05, 4.69) is 50.3 Å². The second kappa shape index (κ2) is 36.5. The van der Waals surface area contributed by atoms with Gasteiger partial charge in [-0.1, -0.05) is 147 Å². The molecule has 1 aliphatic carbocycles. The van der Waals surface area contributed by atoms with Gasteiger partial charge in [0.2, 0.25) is 0 Å². The van der Waals surface area contributed by atoms with Crippen LogP contribution in [0.2, 0.25) is 0 Å². The fourth-order valence-electron chi connectivity index (χ4n) is 6.89. The number of ether oxygens (including phenoxy) is 2. The Labute approximate surface area is 361 Å². The highest BCUT2D eigenvalue weighted by Crippen LogP contribution is 2.47. The van der Waals surface area contributed by atoms with Gasteiger partial charge in [-0.05, 0) is 64.2 Å². The Morgan fingerprint density at radius 2 is 0.917 bits per heavy atom. The van der Waals surface area contributed by atoms with E-state index in [1.165, 1.54) is 70.6 Å². The molecule has 8 atom stereocenters. The van der Waals surface area contributed by atoms with E-state index in [9.17, 15) is 44.6 Å². The fraction of sp³-hybridized carbons (Fsp3) is 0.826. The third kappa shape index (κ3) is 28.6. The number of carbonyl (C=O) groups excluding carboxylic acids is 2. The lowest BCUT2D eigenvalue weighted by molar-refractivity contribution is -0.220. The minimum atomic E-state index is -5.12. The Bertz CT molecular complexity index is 1190. The predicted molar refractivity (Wildman–Crippen MR) is 235 cm³/mol. The van der Waals surface area contributed by atoms with E-state index in [0.29, 0.717) is 12.8 Å². The number of phosphoric acid groups is 1. The number of aliphatic hydroxyl groups is 5. The highest BCUT2D eigenvalue weighted by Gasteiger charge is 2.51. The van der Waals surface area contributed by atoms with Crippen molar-refractivity contribution in [2.75, 3.05) is 13.2 Å². The van der Waals surface area contributed by atoms with Crippen molar-refractivity contribution in [1.82, 2.24) is 0 Å². The Hall–Kier alpha value is -1.93. The number of aliphatic hydroxyl groups excluding tert-OH is 5. The van der Waals surface area contributed by atoms with Crippen LogP contribution in [0.5, 0.6) is 0 Å². The van der Waals surface area contributed by atoms with Crippen LogP contribution in [-0.4, -0.2) is 98.3 Å². The third-order valence-electron chi connectivity index (χ3n) is 10.7. The van der Waals surface area contributed by atoms with Gasteiger partial charge in [-0.25, -0.2) is 4.57 Å². The van der Waals surface area contributed by atoms with Crippen molar-refractivity contribution >= 4 is 19.8 Å². The number of carbonyl (C=O) groups is 2. The molecular formula is C46H83O13P. The average molecular weight is 875 g/mol. The highest BCUT2D eigenvalue weighted by molar-refractivity contribution is 7.47. The summed E-state index contributed by atoms with van der Waals surface area (Å²) in [5.74, 6) is -1.12. The fourth-order valence-corrected chi connectivity index (χ4v) is 7.86. The molecule has 0 aromatic rings. The standard InChI is InChI=1S/C46H83O13P/c1-3-5-7-9-11-13-15-17-19-20-21-23-25-27-29-31-33-35-40(48)58-38(37-57-60(54,55)59-46-44(52)42(50)41(49)43(51)45(46)53)36-56-39(47)34-32-30-28-26-24-22-18-16-14-12-10-8-6-4-2/h10,12-13,15-16,18,38,41-46,49-53H,3-9,11,14,17,19-37H2,1-2H3,(H,54,55)/b12-10+,15-13+,18-16+/t38-,41?,42-,43?,44?,45?,46?/m1/s1. The SMILES string of the molecule is CCCC/C=C/C/C=C/CCCCCCCC(=O)OC[C@H](COP(=O)(O)OC1C(O)C(O)C(O)[C@@H](O)C1O)OC(=O)CCCCCCCCCCC/C=C/CCCCCC. The Morgan fingerprint density at radius 1 is 0.517 bits per heavy atom. The maximum atomic E-state index is 12.8. The van der Waals surface area contributed by atoms with Crippen molar-refractivity contribution in [2.24, 2.45) is 0 Å². The number of esters is 2. The van der Waals surface area contributed by atoms with E-state index in [1.54, 1.807) is 0 Å². The molecule has 6 N–H and O–H groups in total. The minimum absolute atomic E-state index is 0.0916. The first kappa shape index (κ1) is 56.1. The first-order valence-corrected chi connectivity index (χ1v) is 24.8. The molecule has 1 saturated carbocycles. The van der Waals surface area contributed by atoms with Gasteiger partial charge >= 0.3 is 19.8 Å². The molecule has 0 radical (unpaired) electrons. The summed E-state index contributed by atoms with van der Waals surface area (Å²) in [6, 6.07) is 0. The first-order valence-electron chi connectivity index (χ1n) is 23.3. The summed E-state index contributed by atoms with van der Waals surface area (Å²) in [6.07, 6.45) is 27.6. The lowest BCUT2D eigenvalue weighted by atomic mass is 9.85. The molecule has 0 spiro atoms. The molecule has 0 aromatic carbocycles. The maximum Gasteiger partial charge on any atom is 0.472 e. The van der Waals surface area contributed by atoms with Crippen molar-refractivity contribution in [3.8, 4) is 0 Å². The smallest absolute Gasteiger partial charge is 0.462 e. The number of hydrogen-bond donors (Lipinski definition) is 6. The molecule has 0 saturated heterocycles. The lowest BCUT2D eigenvalue weighted by Crippen LogP contribution is -2.64. The van der Waals surface area contributed by atoms with Crippen molar-refractivity contribution in [3.05, 3.63) is 36.5 Å². The quantitative estimate of drug-likeness (QED) is 0.0148. The van der Waals surface area contributed by atoms with Gasteiger partial charge < -0.3 is 39.9 Å². The van der Waals surface area contributed by atoms with Crippen molar-refractivity contribution in [1.29, 1.82) is 0 Å². The van der Waals surface area contributed by atoms with E-state index < -0.39 is 75.7 Å². The third-order valence-corrected chi connectivity index (χ3v) is 11.7. The zero-order chi connectivity index (χ0) is 44.3. The number of allylic oxidation sites excluding steroid dienone is 6. The van der Waals surface area contributed by atoms with E-state index in [1.807, 2.05) is 0 Å². The minimum Gasteiger partial charge on any atom is -0.462 e. The summed E-state index contributed by atoms with van der Waals surface area (Å²) in [7, 11) is -5.12. The molecule has 1 fully saturated rings. The molecule has 1 rings (SSSR count). The van der Waals surface area contributed by atoms with Crippen molar-refractivity contribution < 1.29 is 63.1 Å². The molecule has 13 nitrogen and oxygen atoms in total. The normalized spacial score (nSPS) is 22.5. The molecule has 0 heterocycles. The summed E-state index contributed by atoms with van der Waals surface area (Å²) in [4.78, 5) is 35.7. The van der Waals surface area contributed by atoms with Crippen LogP contribution < -0.4 is 0 Å². The van der Waals surface area contributed by atoms with Crippen LogP contribution in [0.1, 0.15) is 187 Å². The molecule has 14 heteroatoms. The van der Waals surface area contributed by atoms with Crippen LogP contribution in [0.25, 0.3) is 0 Å². The van der Waals surface area contributed by atoms with Gasteiger partial charge in [0.1, 0.15) is 43.2 Å². The van der Waals surface area contributed by atoms with Crippen LogP contribution in [-0.2, 0) is 32.7 Å². The van der Waals surface area contributed by atoms with Crippen LogP contribution >= 0.6 is 7.82 Å². The van der Waals surface area contributed by atoms with E-state index >= 15 is 0 Å². The molecule has 0 amide bonds. The Kier molecular flexibility index (Phi) is 34.2. The molecule has 0 bridgehead atoms. The lowest BCUT2D eigenvalue weighted by Gasteiger charge is -2.41. The average Bonchev–Trinajstić information content (AvgIpc) is 3.23. The Morgan fingerprint density at radius 3 is 1.42 bits per heavy atom. The van der Waals surface area contributed by atoms with Gasteiger partial charge in [0, 0.05) is 12.8 Å². The molecule has 350 valence electrons. The second-order valence-electron chi connectivity index (χ2n) is 16.3. The van der Waals surface area contributed by atoms with E-state index in [-0.39, 0.29) is 12.8 Å². The van der Waals surface area contributed by atoms with E-state index in [0.717, 1.165) is 77.0 Å². The number of rotatable bonds is 38. The number of phosphoric ester groups is 1. The molecule has 1 aliphatic rings. The van der Waals surface area contributed by atoms with Gasteiger partial charge in [-0.3, -0.25) is 18.6 Å². The van der Waals surface area contributed by atoms with E-state index in [4.69, 9.17) is 18.5 Å². The van der Waals surface area contributed by atoms with Gasteiger partial charge in [0.25, 0.3) is 0 Å². The summed E-state index contributed by atoms with van der Waals surface area (Å²) in [5, 5.41) is 50.1. The summed E-state index contributed by atoms with van der Waals surface area (Å²) in [6.45, 7) is 3.23. The van der Waals surface area contributed by atoms with Crippen LogP contribution in [0.15, 0.2) is 36.5 Å². The summed E-state index contributed by atoms with van der Waals surface area (Å²) in [5.41, 5.74) is 0. The van der Waals surface area contributed by atoms with Gasteiger partial charge in [0.05, 0.1) is 6.61 Å². The zero-order valence-electron chi connectivity index (χ0n) is 37.0. The highest BCUT2D eigenvalue weighted by atomic mass is 31.2. The van der Waals surface area contributed by atoms with Crippen molar-refractivity contribution in [2.45, 2.75) is 230 Å². The monoisotopic (exact) mass is 875 g/mol.